The molecule has 94 valence electrons. The van der Waals surface area contributed by atoms with Crippen molar-refractivity contribution in [2.45, 2.75) is 26.3 Å². The number of benzene rings is 1. The number of rotatable bonds is 1. The van der Waals surface area contributed by atoms with Gasteiger partial charge in [0.15, 0.2) is 17.5 Å². The minimum absolute atomic E-state index is 0.0334. The molecule has 0 aliphatic heterocycles. The van der Waals surface area contributed by atoms with E-state index in [1.54, 1.807) is 20.8 Å². The van der Waals surface area contributed by atoms with E-state index in [4.69, 9.17) is 5.84 Å². The lowest BCUT2D eigenvalue weighted by Gasteiger charge is -2.16. The van der Waals surface area contributed by atoms with Gasteiger partial charge in [-0.15, -0.1) is 0 Å². The first kappa shape index (κ1) is 13.5. The Balaban J connectivity index is 3.32. The van der Waals surface area contributed by atoms with Gasteiger partial charge in [-0.3, -0.25) is 4.99 Å². The molecule has 0 radical (unpaired) electrons. The molecule has 0 aromatic heterocycles. The van der Waals surface area contributed by atoms with Gasteiger partial charge in [-0.05, 0) is 32.9 Å². The largest absolute Gasteiger partial charge is 0.308 e. The highest BCUT2D eigenvalue weighted by Crippen LogP contribution is 2.17. The summed E-state index contributed by atoms with van der Waals surface area (Å²) < 4.78 is 39.3. The van der Waals surface area contributed by atoms with E-state index in [-0.39, 0.29) is 11.4 Å². The minimum atomic E-state index is -1.54. The summed E-state index contributed by atoms with van der Waals surface area (Å²) in [6.07, 6.45) is 0. The monoisotopic (exact) mass is 245 g/mol. The molecular formula is C11H14F3N3. The van der Waals surface area contributed by atoms with Crippen LogP contribution in [-0.2, 0) is 0 Å². The van der Waals surface area contributed by atoms with Gasteiger partial charge >= 0.3 is 0 Å². The van der Waals surface area contributed by atoms with Crippen LogP contribution in [0.4, 0.5) is 13.2 Å². The summed E-state index contributed by atoms with van der Waals surface area (Å²) in [7, 11) is 0. The van der Waals surface area contributed by atoms with Gasteiger partial charge in [0.25, 0.3) is 0 Å². The van der Waals surface area contributed by atoms with Crippen LogP contribution in [0.3, 0.4) is 0 Å². The summed E-state index contributed by atoms with van der Waals surface area (Å²) in [6, 6.07) is 1.90. The highest BCUT2D eigenvalue weighted by molar-refractivity contribution is 5.98. The molecule has 3 nitrogen and oxygen atoms in total. The van der Waals surface area contributed by atoms with Gasteiger partial charge in [-0.25, -0.2) is 19.0 Å². The molecule has 0 amide bonds. The van der Waals surface area contributed by atoms with Crippen molar-refractivity contribution < 1.29 is 13.2 Å². The fourth-order valence-electron chi connectivity index (χ4n) is 1.21. The van der Waals surface area contributed by atoms with Gasteiger partial charge in [-0.1, -0.05) is 0 Å². The number of hydrogen-bond donors (Lipinski definition) is 2. The van der Waals surface area contributed by atoms with Crippen molar-refractivity contribution in [3.05, 3.63) is 35.1 Å². The van der Waals surface area contributed by atoms with Gasteiger partial charge < -0.3 is 5.43 Å². The molecule has 0 aliphatic rings. The molecular weight excluding hydrogens is 231 g/mol. The number of nitrogens with one attached hydrogen (secondary N) is 1. The van der Waals surface area contributed by atoms with Gasteiger partial charge in [0, 0.05) is 0 Å². The van der Waals surface area contributed by atoms with Gasteiger partial charge in [0.2, 0.25) is 0 Å². The molecule has 0 spiro atoms. The lowest BCUT2D eigenvalue weighted by atomic mass is 10.1. The Labute approximate surface area is 97.5 Å². The van der Waals surface area contributed by atoms with E-state index in [2.05, 4.69) is 10.4 Å². The molecule has 1 aromatic rings. The number of halogens is 3. The molecule has 3 N–H and O–H groups in total. The maximum Gasteiger partial charge on any atom is 0.195 e. The summed E-state index contributed by atoms with van der Waals surface area (Å²) in [6.45, 7) is 5.30. The third-order valence-corrected chi connectivity index (χ3v) is 1.87. The van der Waals surface area contributed by atoms with E-state index >= 15 is 0 Å². The summed E-state index contributed by atoms with van der Waals surface area (Å²) in [5.41, 5.74) is 1.45. The first-order valence-corrected chi connectivity index (χ1v) is 4.96. The number of amidine groups is 1. The van der Waals surface area contributed by atoms with Crippen molar-refractivity contribution in [3.63, 3.8) is 0 Å². The average Bonchev–Trinajstić information content (AvgIpc) is 2.22. The first-order valence-electron chi connectivity index (χ1n) is 4.96. The standard InChI is InChI=1S/C11H14F3N3/c1-11(2,3)16-10(17-15)6-4-5-7(12)9(14)8(6)13/h4-5H,15H2,1-3H3,(H,16,17). The minimum Gasteiger partial charge on any atom is -0.308 e. The molecule has 6 heteroatoms. The molecule has 0 aliphatic carbocycles. The van der Waals surface area contributed by atoms with Crippen LogP contribution >= 0.6 is 0 Å². The second kappa shape index (κ2) is 4.75. The Kier molecular flexibility index (Phi) is 3.77. The second-order valence-corrected chi connectivity index (χ2v) is 4.50. The lowest BCUT2D eigenvalue weighted by Crippen LogP contribution is -2.34. The van der Waals surface area contributed by atoms with Crippen molar-refractivity contribution in [1.82, 2.24) is 5.43 Å². The fourth-order valence-corrected chi connectivity index (χ4v) is 1.21. The molecule has 17 heavy (non-hydrogen) atoms. The van der Waals surface area contributed by atoms with Gasteiger partial charge in [0.05, 0.1) is 11.1 Å². The number of hydrazine groups is 1. The number of nitrogens with zero attached hydrogens (tertiary/aromatic N) is 1. The van der Waals surface area contributed by atoms with Crippen LogP contribution in [0.15, 0.2) is 17.1 Å². The zero-order valence-electron chi connectivity index (χ0n) is 9.81. The first-order chi connectivity index (χ1) is 7.76. The van der Waals surface area contributed by atoms with Crippen LogP contribution in [0.25, 0.3) is 0 Å². The highest BCUT2D eigenvalue weighted by Gasteiger charge is 2.19. The third kappa shape index (κ3) is 3.20. The summed E-state index contributed by atoms with van der Waals surface area (Å²) in [4.78, 5) is 4.08. The maximum atomic E-state index is 13.5. The quantitative estimate of drug-likeness (QED) is 0.262. The second-order valence-electron chi connectivity index (χ2n) is 4.50. The summed E-state index contributed by atoms with van der Waals surface area (Å²) in [5, 5.41) is 0. The SMILES string of the molecule is CC(C)(C)N=C(NN)c1ccc(F)c(F)c1F. The maximum absolute atomic E-state index is 13.5. The normalized spacial score (nSPS) is 12.8. The van der Waals surface area contributed by atoms with Crippen LogP contribution in [-0.4, -0.2) is 11.4 Å². The molecule has 0 atom stereocenters. The van der Waals surface area contributed by atoms with E-state index in [0.717, 1.165) is 12.1 Å². The molecule has 0 bridgehead atoms. The zero-order valence-corrected chi connectivity index (χ0v) is 9.81. The smallest absolute Gasteiger partial charge is 0.195 e. The molecule has 0 saturated carbocycles. The van der Waals surface area contributed by atoms with Crippen LogP contribution < -0.4 is 11.3 Å². The van der Waals surface area contributed by atoms with Gasteiger partial charge in [0.1, 0.15) is 5.84 Å². The summed E-state index contributed by atoms with van der Waals surface area (Å²) in [5.74, 6) is 1.06. The predicted octanol–water partition coefficient (Wildman–Crippen LogP) is 2.11. The van der Waals surface area contributed by atoms with Crippen molar-refractivity contribution in [1.29, 1.82) is 0 Å². The van der Waals surface area contributed by atoms with E-state index in [1.807, 2.05) is 0 Å². The van der Waals surface area contributed by atoms with E-state index in [9.17, 15) is 13.2 Å². The van der Waals surface area contributed by atoms with Crippen molar-refractivity contribution in [2.24, 2.45) is 10.8 Å². The molecule has 1 rings (SSSR count). The zero-order chi connectivity index (χ0) is 13.2. The van der Waals surface area contributed by atoms with Crippen molar-refractivity contribution in [2.75, 3.05) is 0 Å². The van der Waals surface area contributed by atoms with E-state index in [1.165, 1.54) is 0 Å². The highest BCUT2D eigenvalue weighted by atomic mass is 19.2. The van der Waals surface area contributed by atoms with Crippen molar-refractivity contribution in [3.8, 4) is 0 Å². The molecule has 0 fully saturated rings. The predicted molar refractivity (Wildman–Crippen MR) is 59.9 cm³/mol. The van der Waals surface area contributed by atoms with E-state index < -0.39 is 23.0 Å². The van der Waals surface area contributed by atoms with Crippen LogP contribution in [0.2, 0.25) is 0 Å². The van der Waals surface area contributed by atoms with Crippen molar-refractivity contribution >= 4 is 5.84 Å². The number of aliphatic imine (C=N–C) groups is 1. The Bertz CT molecular complexity index is 450. The fraction of sp³-hybridized carbons (Fsp3) is 0.364. The van der Waals surface area contributed by atoms with E-state index in [0.29, 0.717) is 0 Å². The molecule has 0 heterocycles. The Morgan fingerprint density at radius 2 is 1.76 bits per heavy atom. The third-order valence-electron chi connectivity index (χ3n) is 1.87. The number of nitrogens with two attached hydrogens (primary N) is 1. The topological polar surface area (TPSA) is 50.4 Å². The van der Waals surface area contributed by atoms with Crippen LogP contribution in [0.5, 0.6) is 0 Å². The van der Waals surface area contributed by atoms with Crippen LogP contribution in [0, 0.1) is 17.5 Å². The average molecular weight is 245 g/mol. The number of hydrogen-bond acceptors (Lipinski definition) is 2. The molecule has 0 saturated heterocycles. The summed E-state index contributed by atoms with van der Waals surface area (Å²) >= 11 is 0. The Morgan fingerprint density at radius 1 is 1.18 bits per heavy atom. The van der Waals surface area contributed by atoms with Crippen LogP contribution in [0.1, 0.15) is 26.3 Å². The Hall–Kier alpha value is -1.56. The molecule has 0 unspecified atom stereocenters. The molecule has 1 aromatic carbocycles. The van der Waals surface area contributed by atoms with Gasteiger partial charge in [-0.2, -0.15) is 0 Å². The lowest BCUT2D eigenvalue weighted by molar-refractivity contribution is 0.445. The Morgan fingerprint density at radius 3 is 2.24 bits per heavy atom.